The maximum absolute atomic E-state index is 10.8. The van der Waals surface area contributed by atoms with Gasteiger partial charge in [0.15, 0.2) is 0 Å². The minimum absolute atomic E-state index is 0.0733. The van der Waals surface area contributed by atoms with Crippen molar-refractivity contribution >= 4 is 40.4 Å². The molecule has 0 fully saturated rings. The third-order valence-corrected chi connectivity index (χ3v) is 7.66. The van der Waals surface area contributed by atoms with E-state index in [0.29, 0.717) is 0 Å². The molecule has 0 aliphatic rings. The molecule has 0 spiro atoms. The summed E-state index contributed by atoms with van der Waals surface area (Å²) < 4.78 is 9.41. The van der Waals surface area contributed by atoms with Crippen LogP contribution in [-0.4, -0.2) is 54.3 Å². The highest BCUT2D eigenvalue weighted by atomic mass is 28.5. The molecule has 0 bridgehead atoms. The first-order chi connectivity index (χ1) is 11.7. The number of carboxylic acids is 1. The van der Waals surface area contributed by atoms with E-state index in [2.05, 4.69) is 4.74 Å². The number of rotatable bonds is 7. The van der Waals surface area contributed by atoms with Crippen molar-refractivity contribution in [3.05, 3.63) is 54.1 Å². The number of ether oxygens (including phenoxy) is 1. The van der Waals surface area contributed by atoms with Gasteiger partial charge in [0, 0.05) is 10.4 Å². The van der Waals surface area contributed by atoms with Crippen LogP contribution in [0.4, 0.5) is 0 Å². The summed E-state index contributed by atoms with van der Waals surface area (Å²) in [6.07, 6.45) is 0. The van der Waals surface area contributed by atoms with Crippen LogP contribution in [0, 0.1) is 0 Å². The van der Waals surface area contributed by atoms with E-state index in [4.69, 9.17) is 9.22 Å². The molecule has 25 heavy (non-hydrogen) atoms. The predicted octanol–water partition coefficient (Wildman–Crippen LogP) is -2.10. The molecule has 0 aliphatic carbocycles. The molecule has 0 saturated heterocycles. The number of hydrogen-bond donors (Lipinski definition) is 5. The SMILES string of the molecule is O=COc1ccc([Si](O)(O)O[Si](O)(O)c2ccc(C(=O)O)cc2)cc1. The summed E-state index contributed by atoms with van der Waals surface area (Å²) in [5, 5.41) is 8.57. The third-order valence-electron chi connectivity index (χ3n) is 3.21. The van der Waals surface area contributed by atoms with E-state index in [0.717, 1.165) is 24.3 Å². The molecule has 0 aliphatic heterocycles. The van der Waals surface area contributed by atoms with E-state index >= 15 is 0 Å². The van der Waals surface area contributed by atoms with Gasteiger partial charge in [0.25, 0.3) is 6.47 Å². The van der Waals surface area contributed by atoms with Gasteiger partial charge in [-0.3, -0.25) is 4.79 Å². The average Bonchev–Trinajstić information content (AvgIpc) is 2.55. The van der Waals surface area contributed by atoms with Crippen LogP contribution < -0.4 is 15.1 Å². The Balaban J connectivity index is 2.21. The van der Waals surface area contributed by atoms with Crippen LogP contribution in [0.3, 0.4) is 0 Å². The van der Waals surface area contributed by atoms with E-state index in [1.54, 1.807) is 0 Å². The number of aromatic carboxylic acids is 1. The molecule has 5 N–H and O–H groups in total. The smallest absolute Gasteiger partial charge is 0.478 e. The highest BCUT2D eigenvalue weighted by Crippen LogP contribution is 2.11. The molecule has 0 saturated carbocycles. The Labute approximate surface area is 143 Å². The summed E-state index contributed by atoms with van der Waals surface area (Å²) in [4.78, 5) is 61.5. The summed E-state index contributed by atoms with van der Waals surface area (Å²) in [6, 6.07) is 9.51. The summed E-state index contributed by atoms with van der Waals surface area (Å²) in [7, 11) is -9.38. The first-order valence-corrected chi connectivity index (χ1v) is 10.4. The van der Waals surface area contributed by atoms with Gasteiger partial charge in [0.05, 0.1) is 5.56 Å². The summed E-state index contributed by atoms with van der Waals surface area (Å²) in [5.41, 5.74) is -0.0733. The van der Waals surface area contributed by atoms with Gasteiger partial charge in [-0.1, -0.05) is 24.3 Å². The Hall–Kier alpha value is -2.39. The van der Waals surface area contributed by atoms with Gasteiger partial charge < -0.3 is 33.1 Å². The fraction of sp³-hybridized carbons (Fsp3) is 0. The zero-order valence-electron chi connectivity index (χ0n) is 12.6. The molecule has 11 heteroatoms. The van der Waals surface area contributed by atoms with Gasteiger partial charge in [-0.2, -0.15) is 0 Å². The van der Waals surface area contributed by atoms with Crippen molar-refractivity contribution in [3.8, 4) is 5.75 Å². The molecule has 2 rings (SSSR count). The fourth-order valence-electron chi connectivity index (χ4n) is 1.95. The Bertz CT molecular complexity index is 757. The molecule has 0 amide bonds. The number of carboxylic acid groups (broad SMARTS) is 1. The first-order valence-electron chi connectivity index (χ1n) is 6.80. The van der Waals surface area contributed by atoms with E-state index in [-0.39, 0.29) is 28.2 Å². The number of hydrogen-bond acceptors (Lipinski definition) is 8. The largest absolute Gasteiger partial charge is 0.524 e. The summed E-state index contributed by atoms with van der Waals surface area (Å²) >= 11 is 0. The van der Waals surface area contributed by atoms with Crippen molar-refractivity contribution in [1.29, 1.82) is 0 Å². The summed E-state index contributed by atoms with van der Waals surface area (Å²) in [5.74, 6) is -1.04. The maximum Gasteiger partial charge on any atom is 0.524 e. The lowest BCUT2D eigenvalue weighted by atomic mass is 10.2. The molecule has 0 atom stereocenters. The quantitative estimate of drug-likeness (QED) is 0.267. The van der Waals surface area contributed by atoms with Crippen molar-refractivity contribution in [3.63, 3.8) is 0 Å². The molecular formula is C14H14O9Si2. The van der Waals surface area contributed by atoms with E-state index in [1.165, 1.54) is 24.3 Å². The lowest BCUT2D eigenvalue weighted by Crippen LogP contribution is -2.64. The predicted molar refractivity (Wildman–Crippen MR) is 87.3 cm³/mol. The second-order valence-corrected chi connectivity index (χ2v) is 9.34. The molecule has 0 radical (unpaired) electrons. The Morgan fingerprint density at radius 3 is 1.68 bits per heavy atom. The lowest BCUT2D eigenvalue weighted by Gasteiger charge is -2.26. The molecule has 2 aromatic carbocycles. The van der Waals surface area contributed by atoms with Gasteiger partial charge in [0.1, 0.15) is 5.75 Å². The van der Waals surface area contributed by atoms with Gasteiger partial charge in [-0.05, 0) is 24.3 Å². The van der Waals surface area contributed by atoms with Crippen LogP contribution in [0.25, 0.3) is 0 Å². The molecule has 0 unspecified atom stereocenters. The molecule has 2 aromatic rings. The highest BCUT2D eigenvalue weighted by Gasteiger charge is 2.48. The number of carbonyl (C=O) groups excluding carboxylic acids is 1. The molecule has 0 aromatic heterocycles. The summed E-state index contributed by atoms with van der Waals surface area (Å²) in [6.45, 7) is 0.203. The molecular weight excluding hydrogens is 368 g/mol. The average molecular weight is 382 g/mol. The Kier molecular flexibility index (Phi) is 5.49. The second kappa shape index (κ2) is 7.24. The van der Waals surface area contributed by atoms with Crippen LogP contribution in [0.2, 0.25) is 0 Å². The van der Waals surface area contributed by atoms with Gasteiger partial charge in [-0.15, -0.1) is 0 Å². The molecule has 9 nitrogen and oxygen atoms in total. The molecule has 0 heterocycles. The van der Waals surface area contributed by atoms with Crippen LogP contribution in [-0.2, 0) is 8.91 Å². The van der Waals surface area contributed by atoms with Crippen molar-refractivity contribution in [2.45, 2.75) is 0 Å². The van der Waals surface area contributed by atoms with Gasteiger partial charge in [0.2, 0.25) is 0 Å². The van der Waals surface area contributed by atoms with E-state index in [1.807, 2.05) is 0 Å². The highest BCUT2D eigenvalue weighted by molar-refractivity contribution is 6.85. The van der Waals surface area contributed by atoms with Crippen LogP contribution in [0.5, 0.6) is 5.75 Å². The zero-order chi connectivity index (χ0) is 18.7. The minimum Gasteiger partial charge on any atom is -0.478 e. The number of benzene rings is 2. The molecule has 132 valence electrons. The topological polar surface area (TPSA) is 154 Å². The van der Waals surface area contributed by atoms with Crippen molar-refractivity contribution in [2.75, 3.05) is 0 Å². The Morgan fingerprint density at radius 2 is 1.28 bits per heavy atom. The van der Waals surface area contributed by atoms with Crippen LogP contribution in [0.1, 0.15) is 10.4 Å². The van der Waals surface area contributed by atoms with Crippen molar-refractivity contribution in [1.82, 2.24) is 0 Å². The lowest BCUT2D eigenvalue weighted by molar-refractivity contribution is -0.120. The van der Waals surface area contributed by atoms with Crippen molar-refractivity contribution < 1.29 is 42.7 Å². The standard InChI is InChI=1S/C14H14O9Si2/c15-9-22-11-3-7-13(8-4-11)25(20,21)23-24(18,19)12-5-1-10(2-6-12)14(16)17/h1-9,18-21H,(H,16,17). The third kappa shape index (κ3) is 4.58. The van der Waals surface area contributed by atoms with E-state index < -0.39 is 23.6 Å². The van der Waals surface area contributed by atoms with Gasteiger partial charge >= 0.3 is 23.6 Å². The second-order valence-electron chi connectivity index (χ2n) is 4.94. The van der Waals surface area contributed by atoms with Crippen LogP contribution in [0.15, 0.2) is 48.5 Å². The van der Waals surface area contributed by atoms with Crippen molar-refractivity contribution in [2.24, 2.45) is 0 Å². The minimum atomic E-state index is -4.70. The number of carbonyl (C=O) groups is 2. The Morgan fingerprint density at radius 1 is 0.840 bits per heavy atom. The fourth-order valence-corrected chi connectivity index (χ4v) is 5.68. The van der Waals surface area contributed by atoms with E-state index in [9.17, 15) is 28.8 Å². The normalized spacial score (nSPS) is 11.8. The zero-order valence-corrected chi connectivity index (χ0v) is 14.6. The van der Waals surface area contributed by atoms with Crippen LogP contribution >= 0.6 is 0 Å². The van der Waals surface area contributed by atoms with Gasteiger partial charge in [-0.25, -0.2) is 4.79 Å². The first kappa shape index (κ1) is 18.9. The maximum atomic E-state index is 10.8. The monoisotopic (exact) mass is 382 g/mol.